The fourth-order valence-electron chi connectivity index (χ4n) is 2.08. The van der Waals surface area contributed by atoms with Gasteiger partial charge in [-0.25, -0.2) is 0 Å². The van der Waals surface area contributed by atoms with Crippen LogP contribution >= 0.6 is 0 Å². The topological polar surface area (TPSA) is 55.8 Å². The van der Waals surface area contributed by atoms with Crippen molar-refractivity contribution in [2.45, 2.75) is 13.8 Å². The van der Waals surface area contributed by atoms with Crippen LogP contribution in [0.1, 0.15) is 29.8 Å². The van der Waals surface area contributed by atoms with Crippen molar-refractivity contribution in [2.75, 3.05) is 13.2 Å². The maximum atomic E-state index is 12.1. The van der Waals surface area contributed by atoms with Gasteiger partial charge in [-0.05, 0) is 61.9 Å². The standard InChI is InChI=1S/C19H20O4/c1-3-22-17-11-14(12-18(13-17)23-4-2)5-10-19(21)15-6-8-16(20)9-7-15/h5-13,20H,3-4H2,1-2H3. The minimum atomic E-state index is -0.134. The summed E-state index contributed by atoms with van der Waals surface area (Å²) in [6, 6.07) is 11.7. The highest BCUT2D eigenvalue weighted by Gasteiger charge is 2.04. The highest BCUT2D eigenvalue weighted by atomic mass is 16.5. The first-order chi connectivity index (χ1) is 11.1. The number of carbonyl (C=O) groups excluding carboxylic acids is 1. The van der Waals surface area contributed by atoms with Gasteiger partial charge in [-0.1, -0.05) is 6.08 Å². The van der Waals surface area contributed by atoms with E-state index in [0.717, 1.165) is 5.56 Å². The van der Waals surface area contributed by atoms with Gasteiger partial charge in [0.05, 0.1) is 13.2 Å². The lowest BCUT2D eigenvalue weighted by atomic mass is 10.1. The Hall–Kier alpha value is -2.75. The molecule has 0 aliphatic heterocycles. The molecular formula is C19H20O4. The summed E-state index contributed by atoms with van der Waals surface area (Å²) in [4.78, 5) is 12.1. The maximum Gasteiger partial charge on any atom is 0.185 e. The number of ketones is 1. The number of allylic oxidation sites excluding steroid dienone is 1. The largest absolute Gasteiger partial charge is 0.508 e. The van der Waals surface area contributed by atoms with E-state index in [4.69, 9.17) is 9.47 Å². The average Bonchev–Trinajstić information content (AvgIpc) is 2.54. The molecule has 2 rings (SSSR count). The van der Waals surface area contributed by atoms with Crippen molar-refractivity contribution in [3.05, 3.63) is 59.7 Å². The van der Waals surface area contributed by atoms with Gasteiger partial charge in [0.2, 0.25) is 0 Å². The SMILES string of the molecule is CCOc1cc(C=CC(=O)c2ccc(O)cc2)cc(OCC)c1. The molecule has 2 aromatic rings. The molecule has 0 aliphatic rings. The van der Waals surface area contributed by atoms with Crippen LogP contribution in [0.3, 0.4) is 0 Å². The Morgan fingerprint density at radius 2 is 1.57 bits per heavy atom. The van der Waals surface area contributed by atoms with Gasteiger partial charge in [0.15, 0.2) is 5.78 Å². The molecule has 0 saturated heterocycles. The monoisotopic (exact) mass is 312 g/mol. The van der Waals surface area contributed by atoms with Crippen molar-refractivity contribution < 1.29 is 19.4 Å². The van der Waals surface area contributed by atoms with E-state index in [-0.39, 0.29) is 11.5 Å². The smallest absolute Gasteiger partial charge is 0.185 e. The number of benzene rings is 2. The third-order valence-corrected chi connectivity index (χ3v) is 3.10. The van der Waals surface area contributed by atoms with Crippen LogP contribution < -0.4 is 9.47 Å². The first-order valence-electron chi connectivity index (χ1n) is 7.54. The molecule has 0 spiro atoms. The van der Waals surface area contributed by atoms with E-state index in [1.807, 2.05) is 32.0 Å². The molecule has 0 unspecified atom stereocenters. The summed E-state index contributed by atoms with van der Waals surface area (Å²) >= 11 is 0. The van der Waals surface area contributed by atoms with Crippen LogP contribution in [0, 0.1) is 0 Å². The van der Waals surface area contributed by atoms with E-state index in [0.29, 0.717) is 30.3 Å². The molecule has 0 aliphatic carbocycles. The van der Waals surface area contributed by atoms with E-state index in [9.17, 15) is 9.90 Å². The lowest BCUT2D eigenvalue weighted by molar-refractivity contribution is 0.104. The van der Waals surface area contributed by atoms with E-state index in [2.05, 4.69) is 0 Å². The van der Waals surface area contributed by atoms with Crippen molar-refractivity contribution in [3.8, 4) is 17.2 Å². The Morgan fingerprint density at radius 3 is 2.09 bits per heavy atom. The second-order valence-electron chi connectivity index (χ2n) is 4.85. The number of phenols is 1. The van der Waals surface area contributed by atoms with Crippen molar-refractivity contribution in [1.82, 2.24) is 0 Å². The summed E-state index contributed by atoms with van der Waals surface area (Å²) < 4.78 is 11.0. The zero-order valence-electron chi connectivity index (χ0n) is 13.3. The highest BCUT2D eigenvalue weighted by molar-refractivity contribution is 6.06. The zero-order chi connectivity index (χ0) is 16.7. The molecule has 4 heteroatoms. The van der Waals surface area contributed by atoms with Crippen LogP contribution in [-0.4, -0.2) is 24.1 Å². The van der Waals surface area contributed by atoms with E-state index in [1.54, 1.807) is 18.2 Å². The molecule has 1 N–H and O–H groups in total. The number of ether oxygens (including phenoxy) is 2. The molecule has 2 aromatic carbocycles. The molecule has 0 bridgehead atoms. The normalized spacial score (nSPS) is 10.7. The Kier molecular flexibility index (Phi) is 5.80. The van der Waals surface area contributed by atoms with Gasteiger partial charge >= 0.3 is 0 Å². The summed E-state index contributed by atoms with van der Waals surface area (Å²) in [5.41, 5.74) is 1.34. The molecular weight excluding hydrogens is 292 g/mol. The van der Waals surface area contributed by atoms with Crippen LogP contribution in [0.25, 0.3) is 6.08 Å². The van der Waals surface area contributed by atoms with Gasteiger partial charge in [0, 0.05) is 11.6 Å². The Balaban J connectivity index is 2.20. The predicted octanol–water partition coefficient (Wildman–Crippen LogP) is 4.09. The van der Waals surface area contributed by atoms with E-state index < -0.39 is 0 Å². The van der Waals surface area contributed by atoms with Gasteiger partial charge in [0.25, 0.3) is 0 Å². The lowest BCUT2D eigenvalue weighted by Gasteiger charge is -2.09. The Morgan fingerprint density at radius 1 is 1.00 bits per heavy atom. The first-order valence-corrected chi connectivity index (χ1v) is 7.54. The third kappa shape index (κ3) is 4.88. The molecule has 0 fully saturated rings. The number of hydrogen-bond donors (Lipinski definition) is 1. The molecule has 0 heterocycles. The van der Waals surface area contributed by atoms with Gasteiger partial charge in [-0.15, -0.1) is 0 Å². The quantitative estimate of drug-likeness (QED) is 0.618. The third-order valence-electron chi connectivity index (χ3n) is 3.10. The molecule has 0 saturated carbocycles. The minimum Gasteiger partial charge on any atom is -0.508 e. The molecule has 0 aromatic heterocycles. The summed E-state index contributed by atoms with van der Waals surface area (Å²) in [5.74, 6) is 1.41. The van der Waals surface area contributed by atoms with Gasteiger partial charge in [-0.2, -0.15) is 0 Å². The fraction of sp³-hybridized carbons (Fsp3) is 0.211. The molecule has 0 amide bonds. The summed E-state index contributed by atoms with van der Waals surface area (Å²) in [6.45, 7) is 4.95. The van der Waals surface area contributed by atoms with Crippen LogP contribution in [0.2, 0.25) is 0 Å². The van der Waals surface area contributed by atoms with Crippen molar-refractivity contribution in [2.24, 2.45) is 0 Å². The highest BCUT2D eigenvalue weighted by Crippen LogP contribution is 2.24. The summed E-state index contributed by atoms with van der Waals surface area (Å²) in [7, 11) is 0. The van der Waals surface area contributed by atoms with Crippen LogP contribution in [0.5, 0.6) is 17.2 Å². The van der Waals surface area contributed by atoms with Crippen LogP contribution in [-0.2, 0) is 0 Å². The van der Waals surface area contributed by atoms with Crippen molar-refractivity contribution in [1.29, 1.82) is 0 Å². The Bertz CT molecular complexity index is 663. The van der Waals surface area contributed by atoms with Crippen molar-refractivity contribution in [3.63, 3.8) is 0 Å². The fourth-order valence-corrected chi connectivity index (χ4v) is 2.08. The van der Waals surface area contributed by atoms with Crippen molar-refractivity contribution >= 4 is 11.9 Å². The Labute approximate surface area is 136 Å². The zero-order valence-corrected chi connectivity index (χ0v) is 13.3. The summed E-state index contributed by atoms with van der Waals surface area (Å²) in [6.07, 6.45) is 3.22. The number of hydrogen-bond acceptors (Lipinski definition) is 4. The molecule has 23 heavy (non-hydrogen) atoms. The van der Waals surface area contributed by atoms with Gasteiger partial charge in [-0.3, -0.25) is 4.79 Å². The van der Waals surface area contributed by atoms with E-state index >= 15 is 0 Å². The van der Waals surface area contributed by atoms with Crippen LogP contribution in [0.4, 0.5) is 0 Å². The lowest BCUT2D eigenvalue weighted by Crippen LogP contribution is -1.96. The number of carbonyl (C=O) groups is 1. The average molecular weight is 312 g/mol. The first kappa shape index (κ1) is 16.6. The number of aromatic hydroxyl groups is 1. The number of phenolic OH excluding ortho intramolecular Hbond substituents is 1. The second-order valence-corrected chi connectivity index (χ2v) is 4.85. The summed E-state index contributed by atoms with van der Waals surface area (Å²) in [5, 5.41) is 9.25. The number of rotatable bonds is 7. The molecule has 4 nitrogen and oxygen atoms in total. The van der Waals surface area contributed by atoms with E-state index in [1.165, 1.54) is 18.2 Å². The molecule has 0 atom stereocenters. The van der Waals surface area contributed by atoms with Gasteiger partial charge in [0.1, 0.15) is 17.2 Å². The molecule has 120 valence electrons. The van der Waals surface area contributed by atoms with Crippen LogP contribution in [0.15, 0.2) is 48.5 Å². The molecule has 0 radical (unpaired) electrons. The minimum absolute atomic E-state index is 0.134. The predicted molar refractivity (Wildman–Crippen MR) is 90.3 cm³/mol. The maximum absolute atomic E-state index is 12.1. The van der Waals surface area contributed by atoms with Gasteiger partial charge < -0.3 is 14.6 Å². The second kappa shape index (κ2) is 8.03.